The van der Waals surface area contributed by atoms with E-state index in [0.29, 0.717) is 51.3 Å². The van der Waals surface area contributed by atoms with E-state index in [1.807, 2.05) is 6.07 Å². The summed E-state index contributed by atoms with van der Waals surface area (Å²) in [5.74, 6) is -0.584. The number of nitrogens with one attached hydrogen (secondary N) is 1. The third-order valence-corrected chi connectivity index (χ3v) is 7.23. The van der Waals surface area contributed by atoms with E-state index in [1.165, 1.54) is 9.21 Å². The minimum atomic E-state index is -3.45. The second-order valence-electron chi connectivity index (χ2n) is 6.71. The number of ether oxygens (including phenoxy) is 1. The molecule has 2 aliphatic rings. The first-order chi connectivity index (χ1) is 13.0. The molecule has 9 heteroatoms. The average Bonchev–Trinajstić information content (AvgIpc) is 2.73. The Kier molecular flexibility index (Phi) is 6.46. The third kappa shape index (κ3) is 4.85. The number of piperidine rings is 1. The minimum Gasteiger partial charge on any atom is -0.379 e. The molecule has 2 heterocycles. The molecule has 0 aromatic heterocycles. The van der Waals surface area contributed by atoms with Crippen LogP contribution in [0.5, 0.6) is 0 Å². The van der Waals surface area contributed by atoms with Crippen molar-refractivity contribution in [1.29, 1.82) is 0 Å². The van der Waals surface area contributed by atoms with Gasteiger partial charge in [-0.05, 0) is 25.0 Å². The molecule has 8 nitrogen and oxygen atoms in total. The van der Waals surface area contributed by atoms with Gasteiger partial charge in [-0.15, -0.1) is 0 Å². The molecule has 0 radical (unpaired) electrons. The summed E-state index contributed by atoms with van der Waals surface area (Å²) in [7, 11) is -3.45. The Hall–Kier alpha value is -1.97. The van der Waals surface area contributed by atoms with E-state index in [9.17, 15) is 18.0 Å². The van der Waals surface area contributed by atoms with E-state index >= 15 is 0 Å². The number of rotatable bonds is 5. The van der Waals surface area contributed by atoms with Gasteiger partial charge in [0.05, 0.1) is 25.0 Å². The Labute approximate surface area is 159 Å². The number of likely N-dealkylation sites (tertiary alicyclic amines) is 1. The number of carbonyl (C=O) groups excluding carboxylic acids is 2. The van der Waals surface area contributed by atoms with Gasteiger partial charge in [0, 0.05) is 31.7 Å². The van der Waals surface area contributed by atoms with Gasteiger partial charge >= 0.3 is 0 Å². The van der Waals surface area contributed by atoms with Crippen LogP contribution >= 0.6 is 0 Å². The van der Waals surface area contributed by atoms with Crippen molar-refractivity contribution < 1.29 is 22.7 Å². The first kappa shape index (κ1) is 19.8. The molecule has 1 unspecified atom stereocenters. The number of amides is 2. The standard InChI is InChI=1S/C18H25N3O5S/c22-17(13-19-18(23)15-5-2-1-3-6-15)20-8-4-7-16(14-20)27(24,25)21-9-11-26-12-10-21/h1-3,5-6,16H,4,7-14H2,(H,19,23). The molecule has 2 saturated heterocycles. The molecule has 0 spiro atoms. The van der Waals surface area contributed by atoms with Gasteiger partial charge in [-0.2, -0.15) is 4.31 Å². The summed E-state index contributed by atoms with van der Waals surface area (Å²) in [4.78, 5) is 26.1. The van der Waals surface area contributed by atoms with Crippen molar-refractivity contribution in [3.05, 3.63) is 35.9 Å². The molecule has 0 bridgehead atoms. The molecule has 1 atom stereocenters. The number of nitrogens with zero attached hydrogens (tertiary/aromatic N) is 2. The molecule has 2 fully saturated rings. The van der Waals surface area contributed by atoms with Gasteiger partial charge in [0.1, 0.15) is 0 Å². The quantitative estimate of drug-likeness (QED) is 0.761. The molecule has 27 heavy (non-hydrogen) atoms. The zero-order valence-corrected chi connectivity index (χ0v) is 16.0. The van der Waals surface area contributed by atoms with Crippen LogP contribution in [0.15, 0.2) is 30.3 Å². The summed E-state index contributed by atoms with van der Waals surface area (Å²) in [6.45, 7) is 2.06. The molecule has 1 aromatic carbocycles. The predicted molar refractivity (Wildman–Crippen MR) is 99.7 cm³/mol. The van der Waals surface area contributed by atoms with Crippen LogP contribution in [-0.2, 0) is 19.6 Å². The number of morpholine rings is 1. The molecule has 1 aromatic rings. The summed E-state index contributed by atoms with van der Waals surface area (Å²) < 4.78 is 32.3. The fraction of sp³-hybridized carbons (Fsp3) is 0.556. The SMILES string of the molecule is O=C(NCC(=O)N1CCCC(S(=O)(=O)N2CCOCC2)C1)c1ccccc1. The Balaban J connectivity index is 1.55. The number of benzene rings is 1. The van der Waals surface area contributed by atoms with E-state index in [0.717, 1.165) is 0 Å². The molecule has 2 aliphatic heterocycles. The maximum absolute atomic E-state index is 12.8. The Morgan fingerprint density at radius 3 is 2.52 bits per heavy atom. The van der Waals surface area contributed by atoms with Crippen molar-refractivity contribution in [1.82, 2.24) is 14.5 Å². The minimum absolute atomic E-state index is 0.141. The highest BCUT2D eigenvalue weighted by Gasteiger charge is 2.37. The fourth-order valence-corrected chi connectivity index (χ4v) is 5.29. The Morgan fingerprint density at radius 2 is 1.81 bits per heavy atom. The molecular formula is C18H25N3O5S. The Bertz CT molecular complexity index is 762. The highest BCUT2D eigenvalue weighted by molar-refractivity contribution is 7.89. The molecule has 3 rings (SSSR count). The summed E-state index contributed by atoms with van der Waals surface area (Å²) in [5.41, 5.74) is 0.483. The van der Waals surface area contributed by atoms with Gasteiger partial charge in [-0.25, -0.2) is 8.42 Å². The normalized spacial score (nSPS) is 21.6. The first-order valence-corrected chi connectivity index (χ1v) is 10.7. The first-order valence-electron chi connectivity index (χ1n) is 9.16. The van der Waals surface area contributed by atoms with Crippen LogP contribution in [0.4, 0.5) is 0 Å². The zero-order valence-electron chi connectivity index (χ0n) is 15.2. The van der Waals surface area contributed by atoms with E-state index < -0.39 is 15.3 Å². The van der Waals surface area contributed by atoms with Crippen molar-refractivity contribution in [2.45, 2.75) is 18.1 Å². The maximum atomic E-state index is 12.8. The largest absolute Gasteiger partial charge is 0.379 e. The van der Waals surface area contributed by atoms with Crippen LogP contribution in [0.3, 0.4) is 0 Å². The summed E-state index contributed by atoms with van der Waals surface area (Å²) in [6.07, 6.45) is 1.17. The second-order valence-corrected chi connectivity index (χ2v) is 8.92. The van der Waals surface area contributed by atoms with Crippen molar-refractivity contribution in [2.75, 3.05) is 45.9 Å². The van der Waals surface area contributed by atoms with Crippen molar-refractivity contribution in [2.24, 2.45) is 0 Å². The van der Waals surface area contributed by atoms with Crippen LogP contribution in [0.25, 0.3) is 0 Å². The highest BCUT2D eigenvalue weighted by atomic mass is 32.2. The van der Waals surface area contributed by atoms with Crippen LogP contribution in [0.1, 0.15) is 23.2 Å². The van der Waals surface area contributed by atoms with Crippen molar-refractivity contribution in [3.63, 3.8) is 0 Å². The lowest BCUT2D eigenvalue weighted by molar-refractivity contribution is -0.130. The van der Waals surface area contributed by atoms with Crippen LogP contribution in [0, 0.1) is 0 Å². The lowest BCUT2D eigenvalue weighted by Gasteiger charge is -2.36. The zero-order chi connectivity index (χ0) is 19.3. The monoisotopic (exact) mass is 395 g/mol. The molecule has 2 amide bonds. The number of carbonyl (C=O) groups is 2. The molecule has 0 aliphatic carbocycles. The van der Waals surface area contributed by atoms with Crippen molar-refractivity contribution >= 4 is 21.8 Å². The highest BCUT2D eigenvalue weighted by Crippen LogP contribution is 2.21. The van der Waals surface area contributed by atoms with Gasteiger partial charge in [0.2, 0.25) is 15.9 Å². The van der Waals surface area contributed by atoms with Crippen LogP contribution in [-0.4, -0.2) is 80.6 Å². The summed E-state index contributed by atoms with van der Waals surface area (Å²) in [5, 5.41) is 2.01. The number of hydrogen-bond donors (Lipinski definition) is 1. The number of sulfonamides is 1. The fourth-order valence-electron chi connectivity index (χ4n) is 3.38. The molecule has 0 saturated carbocycles. The van der Waals surface area contributed by atoms with E-state index in [2.05, 4.69) is 5.32 Å². The predicted octanol–water partition coefficient (Wildman–Crippen LogP) is 0.0694. The van der Waals surface area contributed by atoms with Gasteiger partial charge in [-0.3, -0.25) is 9.59 Å². The molecule has 148 valence electrons. The smallest absolute Gasteiger partial charge is 0.251 e. The number of hydrogen-bond acceptors (Lipinski definition) is 5. The van der Waals surface area contributed by atoms with Crippen LogP contribution < -0.4 is 5.32 Å². The average molecular weight is 395 g/mol. The molecule has 1 N–H and O–H groups in total. The van der Waals surface area contributed by atoms with Gasteiger partial charge in [0.15, 0.2) is 0 Å². The molecular weight excluding hydrogens is 370 g/mol. The lowest BCUT2D eigenvalue weighted by Crippen LogP contribution is -2.53. The Morgan fingerprint density at radius 1 is 1.11 bits per heavy atom. The van der Waals surface area contributed by atoms with Gasteiger partial charge < -0.3 is 15.0 Å². The van der Waals surface area contributed by atoms with E-state index in [1.54, 1.807) is 24.3 Å². The topological polar surface area (TPSA) is 96.0 Å². The third-order valence-electron chi connectivity index (χ3n) is 4.92. The summed E-state index contributed by atoms with van der Waals surface area (Å²) in [6, 6.07) is 8.66. The van der Waals surface area contributed by atoms with Crippen LogP contribution in [0.2, 0.25) is 0 Å². The lowest BCUT2D eigenvalue weighted by atomic mass is 10.1. The van der Waals surface area contributed by atoms with E-state index in [-0.39, 0.29) is 24.9 Å². The van der Waals surface area contributed by atoms with Crippen molar-refractivity contribution in [3.8, 4) is 0 Å². The maximum Gasteiger partial charge on any atom is 0.251 e. The second kappa shape index (κ2) is 8.81. The van der Waals surface area contributed by atoms with Gasteiger partial charge in [0.25, 0.3) is 5.91 Å². The van der Waals surface area contributed by atoms with Gasteiger partial charge in [-0.1, -0.05) is 18.2 Å². The van der Waals surface area contributed by atoms with E-state index in [4.69, 9.17) is 4.74 Å². The summed E-state index contributed by atoms with van der Waals surface area (Å²) >= 11 is 0.